The number of thiophene rings is 1. The van der Waals surface area contributed by atoms with Crippen LogP contribution in [0.5, 0.6) is 0 Å². The second kappa shape index (κ2) is 9.16. The van der Waals surface area contributed by atoms with Crippen molar-refractivity contribution in [2.24, 2.45) is 5.73 Å². The molecule has 0 spiro atoms. The molecule has 1 amide bonds. The molecular weight excluding hydrogens is 378 g/mol. The molecule has 0 saturated carbocycles. The number of hydrogen-bond acceptors (Lipinski definition) is 4. The molecule has 4 aromatic rings. The Labute approximate surface area is 175 Å². The monoisotopic (exact) mass is 405 g/mol. The van der Waals surface area contributed by atoms with Gasteiger partial charge < -0.3 is 11.1 Å². The van der Waals surface area contributed by atoms with Gasteiger partial charge in [0.2, 0.25) is 0 Å². The van der Waals surface area contributed by atoms with Gasteiger partial charge in [-0.1, -0.05) is 63.2 Å². The van der Waals surface area contributed by atoms with Crippen LogP contribution in [0.1, 0.15) is 36.0 Å². The standard InChI is InChI=1S/C18H21N3OS.C6H6/c1-18(2,3)13-4-5-14-11(9-13)8-12-10-15(23-17(12)21-14)16(22)20-7-6-19;1-2-4-6-5-3-1/h4-5,8-10H,6-7,19H2,1-3H3,(H,20,22);1-6H. The Bertz CT molecular complexity index is 1070. The molecule has 2 heterocycles. The minimum Gasteiger partial charge on any atom is -0.350 e. The lowest BCUT2D eigenvalue weighted by atomic mass is 9.86. The summed E-state index contributed by atoms with van der Waals surface area (Å²) in [5, 5.41) is 4.91. The molecule has 0 unspecified atom stereocenters. The maximum atomic E-state index is 12.1. The predicted molar refractivity (Wildman–Crippen MR) is 124 cm³/mol. The molecule has 0 radical (unpaired) electrons. The molecule has 4 nitrogen and oxygen atoms in total. The molecule has 0 aliphatic heterocycles. The molecule has 150 valence electrons. The number of hydrogen-bond donors (Lipinski definition) is 2. The molecule has 0 bridgehead atoms. The van der Waals surface area contributed by atoms with Crippen molar-refractivity contribution in [1.29, 1.82) is 0 Å². The third-order valence-electron chi connectivity index (χ3n) is 4.49. The van der Waals surface area contributed by atoms with Crippen LogP contribution in [0.2, 0.25) is 0 Å². The van der Waals surface area contributed by atoms with Crippen LogP contribution in [0.3, 0.4) is 0 Å². The molecule has 2 aromatic heterocycles. The van der Waals surface area contributed by atoms with Crippen LogP contribution in [0.25, 0.3) is 21.1 Å². The number of fused-ring (bicyclic) bond motifs is 2. The van der Waals surface area contributed by atoms with Gasteiger partial charge in [-0.2, -0.15) is 0 Å². The maximum Gasteiger partial charge on any atom is 0.261 e. The Hall–Kier alpha value is -2.76. The SMILES string of the molecule is CC(C)(C)c1ccc2nc3sc(C(=O)NCCN)cc3cc2c1.c1ccccc1. The van der Waals surface area contributed by atoms with Gasteiger partial charge in [-0.05, 0) is 35.2 Å². The third kappa shape index (κ3) is 5.40. The highest BCUT2D eigenvalue weighted by Crippen LogP contribution is 2.30. The summed E-state index contributed by atoms with van der Waals surface area (Å²) in [6, 6.07) is 22.4. The number of pyridine rings is 1. The topological polar surface area (TPSA) is 68.0 Å². The van der Waals surface area contributed by atoms with E-state index in [0.29, 0.717) is 18.0 Å². The first-order valence-electron chi connectivity index (χ1n) is 9.71. The quantitative estimate of drug-likeness (QED) is 0.497. The van der Waals surface area contributed by atoms with E-state index >= 15 is 0 Å². The van der Waals surface area contributed by atoms with Gasteiger partial charge in [0.15, 0.2) is 0 Å². The number of nitrogens with zero attached hydrogens (tertiary/aromatic N) is 1. The van der Waals surface area contributed by atoms with Crippen LogP contribution in [-0.4, -0.2) is 24.0 Å². The van der Waals surface area contributed by atoms with Gasteiger partial charge >= 0.3 is 0 Å². The first-order chi connectivity index (χ1) is 13.9. The van der Waals surface area contributed by atoms with Gasteiger partial charge in [0.25, 0.3) is 5.91 Å². The largest absolute Gasteiger partial charge is 0.350 e. The van der Waals surface area contributed by atoms with Crippen molar-refractivity contribution in [3.05, 3.63) is 77.2 Å². The zero-order valence-corrected chi connectivity index (χ0v) is 17.9. The van der Waals surface area contributed by atoms with Gasteiger partial charge in [0.05, 0.1) is 10.4 Å². The minimum atomic E-state index is -0.0853. The first-order valence-corrected chi connectivity index (χ1v) is 10.5. The highest BCUT2D eigenvalue weighted by molar-refractivity contribution is 7.20. The summed E-state index contributed by atoms with van der Waals surface area (Å²) < 4.78 is 0. The fourth-order valence-corrected chi connectivity index (χ4v) is 3.81. The third-order valence-corrected chi connectivity index (χ3v) is 5.53. The highest BCUT2D eigenvalue weighted by atomic mass is 32.1. The number of aromatic nitrogens is 1. The van der Waals surface area contributed by atoms with Gasteiger partial charge in [-0.25, -0.2) is 4.98 Å². The van der Waals surface area contributed by atoms with E-state index in [1.807, 2.05) is 42.5 Å². The Kier molecular flexibility index (Phi) is 6.62. The summed E-state index contributed by atoms with van der Waals surface area (Å²) in [7, 11) is 0. The van der Waals surface area contributed by atoms with E-state index in [9.17, 15) is 4.79 Å². The minimum absolute atomic E-state index is 0.0853. The average molecular weight is 406 g/mol. The molecule has 5 heteroatoms. The Balaban J connectivity index is 0.000000343. The van der Waals surface area contributed by atoms with Crippen molar-refractivity contribution < 1.29 is 4.79 Å². The maximum absolute atomic E-state index is 12.1. The summed E-state index contributed by atoms with van der Waals surface area (Å²) in [6.45, 7) is 7.52. The number of carbonyl (C=O) groups is 1. The summed E-state index contributed by atoms with van der Waals surface area (Å²) in [4.78, 5) is 18.3. The molecular formula is C24H27N3OS. The van der Waals surface area contributed by atoms with E-state index in [2.05, 4.69) is 50.4 Å². The number of benzene rings is 2. The van der Waals surface area contributed by atoms with E-state index in [0.717, 1.165) is 21.1 Å². The lowest BCUT2D eigenvalue weighted by Crippen LogP contribution is -2.28. The van der Waals surface area contributed by atoms with Gasteiger partial charge in [-0.15, -0.1) is 11.3 Å². The summed E-state index contributed by atoms with van der Waals surface area (Å²) >= 11 is 1.42. The van der Waals surface area contributed by atoms with Crippen LogP contribution in [0.15, 0.2) is 66.7 Å². The molecule has 3 N–H and O–H groups in total. The Morgan fingerprint density at radius 1 is 1.00 bits per heavy atom. The zero-order valence-electron chi connectivity index (χ0n) is 17.1. The van der Waals surface area contributed by atoms with Crippen molar-refractivity contribution in [3.63, 3.8) is 0 Å². The van der Waals surface area contributed by atoms with E-state index in [1.54, 1.807) is 0 Å². The second-order valence-electron chi connectivity index (χ2n) is 7.85. The van der Waals surface area contributed by atoms with Crippen LogP contribution < -0.4 is 11.1 Å². The number of rotatable bonds is 3. The normalized spacial score (nSPS) is 11.2. The first kappa shape index (κ1) is 21.0. The van der Waals surface area contributed by atoms with Crippen molar-refractivity contribution >= 4 is 38.4 Å². The zero-order chi connectivity index (χ0) is 20.9. The highest BCUT2D eigenvalue weighted by Gasteiger charge is 2.15. The van der Waals surface area contributed by atoms with Crippen LogP contribution in [-0.2, 0) is 5.41 Å². The van der Waals surface area contributed by atoms with Crippen LogP contribution >= 0.6 is 11.3 Å². The van der Waals surface area contributed by atoms with Crippen LogP contribution in [0.4, 0.5) is 0 Å². The molecule has 0 saturated heterocycles. The lowest BCUT2D eigenvalue weighted by molar-refractivity contribution is 0.0959. The van der Waals surface area contributed by atoms with Gasteiger partial charge in [-0.3, -0.25) is 4.79 Å². The van der Waals surface area contributed by atoms with Crippen molar-refractivity contribution in [2.75, 3.05) is 13.1 Å². The molecule has 2 aromatic carbocycles. The molecule has 0 aliphatic carbocycles. The van der Waals surface area contributed by atoms with Crippen LogP contribution in [0, 0.1) is 0 Å². The van der Waals surface area contributed by atoms with E-state index in [4.69, 9.17) is 10.7 Å². The molecule has 29 heavy (non-hydrogen) atoms. The average Bonchev–Trinajstić information content (AvgIpc) is 3.14. The molecule has 0 atom stereocenters. The number of amides is 1. The molecule has 0 aliphatic rings. The predicted octanol–water partition coefficient (Wildman–Crippen LogP) is 5.12. The number of nitrogens with one attached hydrogen (secondary N) is 1. The van der Waals surface area contributed by atoms with E-state index in [-0.39, 0.29) is 11.3 Å². The smallest absolute Gasteiger partial charge is 0.261 e. The van der Waals surface area contributed by atoms with Gasteiger partial charge in [0.1, 0.15) is 4.83 Å². The second-order valence-corrected chi connectivity index (χ2v) is 8.88. The van der Waals surface area contributed by atoms with Crippen molar-refractivity contribution in [3.8, 4) is 0 Å². The van der Waals surface area contributed by atoms with E-state index < -0.39 is 0 Å². The Morgan fingerprint density at radius 2 is 1.66 bits per heavy atom. The summed E-state index contributed by atoms with van der Waals surface area (Å²) in [5.74, 6) is -0.0853. The van der Waals surface area contributed by atoms with Crippen molar-refractivity contribution in [1.82, 2.24) is 10.3 Å². The van der Waals surface area contributed by atoms with E-state index in [1.165, 1.54) is 16.9 Å². The summed E-state index contributed by atoms with van der Waals surface area (Å²) in [6.07, 6.45) is 0. The number of carbonyl (C=O) groups excluding carboxylic acids is 1. The van der Waals surface area contributed by atoms with Crippen molar-refractivity contribution in [2.45, 2.75) is 26.2 Å². The van der Waals surface area contributed by atoms with Gasteiger partial charge in [0, 0.05) is 23.9 Å². The molecule has 0 fully saturated rings. The Morgan fingerprint density at radius 3 is 2.24 bits per heavy atom. The number of nitrogens with two attached hydrogens (primary N) is 1. The fourth-order valence-electron chi connectivity index (χ4n) is 2.87. The molecule has 4 rings (SSSR count). The lowest BCUT2D eigenvalue weighted by Gasteiger charge is -2.19. The summed E-state index contributed by atoms with van der Waals surface area (Å²) in [5.41, 5.74) is 7.76. The fraction of sp³-hybridized carbons (Fsp3) is 0.250.